The molecule has 0 N–H and O–H groups in total. The van der Waals surface area contributed by atoms with Crippen LogP contribution >= 0.6 is 0 Å². The van der Waals surface area contributed by atoms with E-state index < -0.39 is 0 Å². The smallest absolute Gasteiger partial charge is 0.276 e. The zero-order valence-corrected chi connectivity index (χ0v) is 9.14. The minimum atomic E-state index is -0.387. The molecule has 3 rings (SSSR count). The zero-order valence-electron chi connectivity index (χ0n) is 9.14. The van der Waals surface area contributed by atoms with E-state index in [2.05, 4.69) is 0 Å². The molecule has 0 aliphatic rings. The maximum Gasteiger partial charge on any atom is 0.276 e. The largest absolute Gasteiger partial charge is 0.456 e. The third-order valence-electron chi connectivity index (χ3n) is 2.89. The maximum absolute atomic E-state index is 10.8. The lowest BCUT2D eigenvalue weighted by molar-refractivity contribution is -0.385. The summed E-state index contributed by atoms with van der Waals surface area (Å²) in [6, 6.07) is 10.9. The summed E-state index contributed by atoms with van der Waals surface area (Å²) in [5, 5.41) is 12.8. The van der Waals surface area contributed by atoms with Crippen LogP contribution in [0.1, 0.15) is 5.56 Å². The lowest BCUT2D eigenvalue weighted by Gasteiger charge is -1.96. The summed E-state index contributed by atoms with van der Waals surface area (Å²) in [5.41, 5.74) is 2.05. The van der Waals surface area contributed by atoms with E-state index >= 15 is 0 Å². The third kappa shape index (κ3) is 1.38. The number of rotatable bonds is 1. The van der Waals surface area contributed by atoms with Gasteiger partial charge in [-0.2, -0.15) is 0 Å². The molecule has 1 aromatic heterocycles. The standard InChI is InChI=1S/C13H9NO3/c1-8-6-10-9-4-2-3-5-12(9)17-13(10)7-11(8)14(15)16/h2-7H,1H3. The van der Waals surface area contributed by atoms with Gasteiger partial charge in [-0.1, -0.05) is 18.2 Å². The fourth-order valence-electron chi connectivity index (χ4n) is 2.07. The number of nitrogens with zero attached hydrogens (tertiary/aromatic N) is 1. The molecule has 0 saturated carbocycles. The number of benzene rings is 2. The number of nitro groups is 1. The molecule has 0 spiro atoms. The van der Waals surface area contributed by atoms with Crippen molar-refractivity contribution in [2.45, 2.75) is 6.92 Å². The second-order valence-electron chi connectivity index (χ2n) is 3.99. The molecule has 2 aromatic carbocycles. The molecular weight excluding hydrogens is 218 g/mol. The summed E-state index contributed by atoms with van der Waals surface area (Å²) < 4.78 is 5.59. The van der Waals surface area contributed by atoms with Gasteiger partial charge < -0.3 is 4.42 Å². The van der Waals surface area contributed by atoms with Gasteiger partial charge in [-0.3, -0.25) is 10.1 Å². The van der Waals surface area contributed by atoms with Gasteiger partial charge in [0, 0.05) is 16.3 Å². The van der Waals surface area contributed by atoms with E-state index in [1.807, 2.05) is 24.3 Å². The molecule has 3 aromatic rings. The molecule has 4 heteroatoms. The number of aryl methyl sites for hydroxylation is 1. The highest BCUT2D eigenvalue weighted by atomic mass is 16.6. The molecule has 1 heterocycles. The minimum Gasteiger partial charge on any atom is -0.456 e. The molecule has 0 aliphatic carbocycles. The monoisotopic (exact) mass is 227 g/mol. The summed E-state index contributed by atoms with van der Waals surface area (Å²) in [4.78, 5) is 10.5. The van der Waals surface area contributed by atoms with Gasteiger partial charge in [-0.15, -0.1) is 0 Å². The van der Waals surface area contributed by atoms with E-state index in [0.29, 0.717) is 11.1 Å². The number of fused-ring (bicyclic) bond motifs is 3. The average molecular weight is 227 g/mol. The van der Waals surface area contributed by atoms with Crippen LogP contribution in [-0.4, -0.2) is 4.92 Å². The lowest BCUT2D eigenvalue weighted by Crippen LogP contribution is -1.90. The predicted octanol–water partition coefficient (Wildman–Crippen LogP) is 3.80. The van der Waals surface area contributed by atoms with E-state index in [-0.39, 0.29) is 10.6 Å². The highest BCUT2D eigenvalue weighted by Crippen LogP contribution is 2.32. The normalized spacial score (nSPS) is 11.1. The van der Waals surface area contributed by atoms with E-state index in [1.54, 1.807) is 13.0 Å². The van der Waals surface area contributed by atoms with Crippen LogP contribution in [0.25, 0.3) is 21.9 Å². The van der Waals surface area contributed by atoms with Gasteiger partial charge in [-0.25, -0.2) is 0 Å². The highest BCUT2D eigenvalue weighted by Gasteiger charge is 2.15. The fraction of sp³-hybridized carbons (Fsp3) is 0.0769. The first-order chi connectivity index (χ1) is 8.16. The molecule has 0 saturated heterocycles. The van der Waals surface area contributed by atoms with Crippen LogP contribution in [0.4, 0.5) is 5.69 Å². The van der Waals surface area contributed by atoms with Crippen molar-refractivity contribution >= 4 is 27.6 Å². The minimum absolute atomic E-state index is 0.0940. The Kier molecular flexibility index (Phi) is 1.92. The Labute approximate surface area is 96.6 Å². The van der Waals surface area contributed by atoms with Crippen molar-refractivity contribution in [2.24, 2.45) is 0 Å². The Bertz CT molecular complexity index is 743. The average Bonchev–Trinajstić information content (AvgIpc) is 2.65. The summed E-state index contributed by atoms with van der Waals surface area (Å²) in [7, 11) is 0. The van der Waals surface area contributed by atoms with Crippen molar-refractivity contribution in [3.05, 3.63) is 52.1 Å². The molecule has 0 bridgehead atoms. The Morgan fingerprint density at radius 2 is 1.88 bits per heavy atom. The number of hydrogen-bond acceptors (Lipinski definition) is 3. The molecule has 0 aliphatic heterocycles. The number of furan rings is 1. The van der Waals surface area contributed by atoms with Gasteiger partial charge in [0.05, 0.1) is 11.0 Å². The molecule has 0 unspecified atom stereocenters. The Morgan fingerprint density at radius 3 is 2.65 bits per heavy atom. The molecule has 0 fully saturated rings. The molecule has 0 amide bonds. The molecular formula is C13H9NO3. The van der Waals surface area contributed by atoms with Crippen LogP contribution in [-0.2, 0) is 0 Å². The summed E-state index contributed by atoms with van der Waals surface area (Å²) in [6.45, 7) is 1.74. The van der Waals surface area contributed by atoms with Crippen molar-refractivity contribution in [3.63, 3.8) is 0 Å². The van der Waals surface area contributed by atoms with Crippen LogP contribution in [0.15, 0.2) is 40.8 Å². The van der Waals surface area contributed by atoms with Crippen molar-refractivity contribution in [3.8, 4) is 0 Å². The summed E-state index contributed by atoms with van der Waals surface area (Å²) in [5.74, 6) is 0. The van der Waals surface area contributed by atoms with Gasteiger partial charge in [0.15, 0.2) is 0 Å². The maximum atomic E-state index is 10.8. The van der Waals surface area contributed by atoms with Gasteiger partial charge >= 0.3 is 0 Å². The first-order valence-corrected chi connectivity index (χ1v) is 5.23. The second-order valence-corrected chi connectivity index (χ2v) is 3.99. The third-order valence-corrected chi connectivity index (χ3v) is 2.89. The van der Waals surface area contributed by atoms with Gasteiger partial charge in [0.1, 0.15) is 11.2 Å². The quantitative estimate of drug-likeness (QED) is 0.469. The number of hydrogen-bond donors (Lipinski definition) is 0. The molecule has 17 heavy (non-hydrogen) atoms. The SMILES string of the molecule is Cc1cc2c(cc1[N+](=O)[O-])oc1ccccc12. The van der Waals surface area contributed by atoms with E-state index in [9.17, 15) is 10.1 Å². The second kappa shape index (κ2) is 3.31. The van der Waals surface area contributed by atoms with Gasteiger partial charge in [0.2, 0.25) is 0 Å². The Hall–Kier alpha value is -2.36. The zero-order chi connectivity index (χ0) is 12.0. The number of para-hydroxylation sites is 1. The van der Waals surface area contributed by atoms with Gasteiger partial charge in [0.25, 0.3) is 5.69 Å². The first-order valence-electron chi connectivity index (χ1n) is 5.23. The van der Waals surface area contributed by atoms with Crippen LogP contribution in [0.2, 0.25) is 0 Å². The van der Waals surface area contributed by atoms with Crippen molar-refractivity contribution in [1.29, 1.82) is 0 Å². The number of nitro benzene ring substituents is 1. The van der Waals surface area contributed by atoms with Crippen LogP contribution in [0, 0.1) is 17.0 Å². The predicted molar refractivity (Wildman–Crippen MR) is 65.1 cm³/mol. The van der Waals surface area contributed by atoms with Crippen LogP contribution < -0.4 is 0 Å². The Balaban J connectivity index is 2.46. The molecule has 84 valence electrons. The van der Waals surface area contributed by atoms with Crippen LogP contribution in [0.5, 0.6) is 0 Å². The summed E-state index contributed by atoms with van der Waals surface area (Å²) >= 11 is 0. The Morgan fingerprint density at radius 1 is 1.12 bits per heavy atom. The topological polar surface area (TPSA) is 56.3 Å². The fourth-order valence-corrected chi connectivity index (χ4v) is 2.07. The van der Waals surface area contributed by atoms with Crippen molar-refractivity contribution in [1.82, 2.24) is 0 Å². The lowest BCUT2D eigenvalue weighted by atomic mass is 10.1. The van der Waals surface area contributed by atoms with Crippen molar-refractivity contribution in [2.75, 3.05) is 0 Å². The van der Waals surface area contributed by atoms with E-state index in [0.717, 1.165) is 16.4 Å². The first kappa shape index (κ1) is 9.84. The molecule has 0 radical (unpaired) electrons. The highest BCUT2D eigenvalue weighted by molar-refractivity contribution is 6.05. The van der Waals surface area contributed by atoms with Crippen LogP contribution in [0.3, 0.4) is 0 Å². The van der Waals surface area contributed by atoms with Gasteiger partial charge in [-0.05, 0) is 19.1 Å². The summed E-state index contributed by atoms with van der Waals surface area (Å²) in [6.07, 6.45) is 0. The molecule has 4 nitrogen and oxygen atoms in total. The molecule has 0 atom stereocenters. The van der Waals surface area contributed by atoms with Crippen molar-refractivity contribution < 1.29 is 9.34 Å². The van der Waals surface area contributed by atoms with E-state index in [1.165, 1.54) is 6.07 Å². The van der Waals surface area contributed by atoms with E-state index in [4.69, 9.17) is 4.42 Å².